The fraction of sp³-hybridized carbons (Fsp3) is 0.375. The smallest absolute Gasteiger partial charge is 0.272 e. The predicted octanol–water partition coefficient (Wildman–Crippen LogP) is 3.02. The molecule has 1 amide bonds. The van der Waals surface area contributed by atoms with E-state index in [4.69, 9.17) is 16.3 Å². The van der Waals surface area contributed by atoms with Gasteiger partial charge in [0.25, 0.3) is 5.91 Å². The molecule has 1 aliphatic carbocycles. The number of aryl methyl sites for hydroxylation is 1. The number of ether oxygens (including phenoxy) is 1. The largest absolute Gasteiger partial charge is 0.477 e. The predicted molar refractivity (Wildman–Crippen MR) is 83.2 cm³/mol. The number of hydrogen-bond donors (Lipinski definition) is 1. The standard InChI is InChI=1S/C16H15ClFN3O2/c17-11-5-2-9(8-12(11)18)13-14(15(22)19-10-3-4-10)20-21-6-1-7-23-16(13)21/h2,5,8,10H,1,3-4,6-7H2,(H,19,22). The van der Waals surface area contributed by atoms with E-state index >= 15 is 0 Å². The highest BCUT2D eigenvalue weighted by atomic mass is 35.5. The van der Waals surface area contributed by atoms with Crippen LogP contribution in [0.2, 0.25) is 5.02 Å². The van der Waals surface area contributed by atoms with Crippen molar-refractivity contribution in [3.63, 3.8) is 0 Å². The topological polar surface area (TPSA) is 56.2 Å². The molecule has 0 spiro atoms. The van der Waals surface area contributed by atoms with Gasteiger partial charge in [-0.25, -0.2) is 9.07 Å². The second kappa shape index (κ2) is 5.53. The molecular formula is C16H15ClFN3O2. The second-order valence-corrected chi connectivity index (χ2v) is 6.24. The number of nitrogens with one attached hydrogen (secondary N) is 1. The zero-order valence-corrected chi connectivity index (χ0v) is 13.1. The summed E-state index contributed by atoms with van der Waals surface area (Å²) in [5.41, 5.74) is 1.34. The minimum atomic E-state index is -0.534. The first-order valence-electron chi connectivity index (χ1n) is 7.63. The van der Waals surface area contributed by atoms with E-state index in [2.05, 4.69) is 10.4 Å². The second-order valence-electron chi connectivity index (χ2n) is 5.83. The van der Waals surface area contributed by atoms with Gasteiger partial charge in [0.1, 0.15) is 5.82 Å². The van der Waals surface area contributed by atoms with Crippen molar-refractivity contribution in [3.05, 3.63) is 34.7 Å². The summed E-state index contributed by atoms with van der Waals surface area (Å²) in [6, 6.07) is 4.68. The number of amides is 1. The van der Waals surface area contributed by atoms with E-state index in [-0.39, 0.29) is 22.7 Å². The average molecular weight is 336 g/mol. The molecule has 0 bridgehead atoms. The third-order valence-electron chi connectivity index (χ3n) is 3.99. The Kier molecular flexibility index (Phi) is 3.49. The molecule has 0 unspecified atom stereocenters. The maximum atomic E-state index is 13.9. The molecule has 7 heteroatoms. The SMILES string of the molecule is O=C(NC1CC1)c1nn2c(c1-c1ccc(Cl)c(F)c1)OCCC2. The molecule has 1 N–H and O–H groups in total. The molecule has 2 heterocycles. The molecule has 1 aromatic heterocycles. The molecule has 1 saturated carbocycles. The lowest BCUT2D eigenvalue weighted by atomic mass is 10.0. The van der Waals surface area contributed by atoms with Crippen LogP contribution in [0.4, 0.5) is 4.39 Å². The van der Waals surface area contributed by atoms with Crippen molar-refractivity contribution >= 4 is 17.5 Å². The highest BCUT2D eigenvalue weighted by Crippen LogP contribution is 2.37. The van der Waals surface area contributed by atoms with E-state index < -0.39 is 5.82 Å². The Morgan fingerprint density at radius 2 is 2.26 bits per heavy atom. The average Bonchev–Trinajstić information content (AvgIpc) is 3.27. The van der Waals surface area contributed by atoms with Crippen molar-refractivity contribution < 1.29 is 13.9 Å². The molecule has 2 aromatic rings. The van der Waals surface area contributed by atoms with Crippen LogP contribution in [0, 0.1) is 5.82 Å². The van der Waals surface area contributed by atoms with Crippen LogP contribution in [0.3, 0.4) is 0 Å². The summed E-state index contributed by atoms with van der Waals surface area (Å²) in [5.74, 6) is -0.268. The quantitative estimate of drug-likeness (QED) is 0.938. The summed E-state index contributed by atoms with van der Waals surface area (Å²) in [7, 11) is 0. The van der Waals surface area contributed by atoms with Crippen molar-refractivity contribution in [2.24, 2.45) is 0 Å². The molecule has 0 radical (unpaired) electrons. The zero-order chi connectivity index (χ0) is 16.0. The highest BCUT2D eigenvalue weighted by molar-refractivity contribution is 6.30. The van der Waals surface area contributed by atoms with Crippen LogP contribution in [0.5, 0.6) is 5.88 Å². The molecule has 5 nitrogen and oxygen atoms in total. The molecule has 0 saturated heterocycles. The summed E-state index contributed by atoms with van der Waals surface area (Å²) in [5, 5.41) is 7.35. The lowest BCUT2D eigenvalue weighted by Crippen LogP contribution is -2.26. The number of nitrogens with zero attached hydrogens (tertiary/aromatic N) is 2. The number of carbonyl (C=O) groups excluding carboxylic acids is 1. The van der Waals surface area contributed by atoms with Crippen molar-refractivity contribution in [2.75, 3.05) is 6.61 Å². The Balaban J connectivity index is 1.82. The number of carbonyl (C=O) groups is 1. The van der Waals surface area contributed by atoms with Gasteiger partial charge in [0.2, 0.25) is 5.88 Å². The summed E-state index contributed by atoms with van der Waals surface area (Å²) >= 11 is 5.76. The molecule has 23 heavy (non-hydrogen) atoms. The number of benzene rings is 1. The van der Waals surface area contributed by atoms with Gasteiger partial charge in [-0.15, -0.1) is 0 Å². The van der Waals surface area contributed by atoms with E-state index in [0.29, 0.717) is 30.2 Å². The number of halogens is 2. The van der Waals surface area contributed by atoms with Crippen molar-refractivity contribution in [1.29, 1.82) is 0 Å². The highest BCUT2D eigenvalue weighted by Gasteiger charge is 2.31. The maximum absolute atomic E-state index is 13.9. The Morgan fingerprint density at radius 1 is 1.43 bits per heavy atom. The van der Waals surface area contributed by atoms with E-state index in [1.807, 2.05) is 0 Å². The van der Waals surface area contributed by atoms with E-state index in [9.17, 15) is 9.18 Å². The van der Waals surface area contributed by atoms with E-state index in [1.54, 1.807) is 10.7 Å². The van der Waals surface area contributed by atoms with Crippen LogP contribution in [-0.4, -0.2) is 28.3 Å². The van der Waals surface area contributed by atoms with Gasteiger partial charge in [-0.05, 0) is 30.5 Å². The first-order chi connectivity index (χ1) is 11.1. The molecule has 0 atom stereocenters. The molecule has 2 aliphatic rings. The fourth-order valence-corrected chi connectivity index (χ4v) is 2.80. The van der Waals surface area contributed by atoms with Crippen LogP contribution >= 0.6 is 11.6 Å². The number of rotatable bonds is 3. The van der Waals surface area contributed by atoms with Gasteiger partial charge < -0.3 is 10.1 Å². The van der Waals surface area contributed by atoms with Crippen LogP contribution < -0.4 is 10.1 Å². The van der Waals surface area contributed by atoms with Gasteiger partial charge in [-0.2, -0.15) is 5.10 Å². The fourth-order valence-electron chi connectivity index (χ4n) is 2.68. The minimum Gasteiger partial charge on any atom is -0.477 e. The van der Waals surface area contributed by atoms with Crippen LogP contribution in [0.15, 0.2) is 18.2 Å². The summed E-state index contributed by atoms with van der Waals surface area (Å²) in [6.07, 6.45) is 2.80. The molecule has 4 rings (SSSR count). The normalized spacial score (nSPS) is 16.6. The van der Waals surface area contributed by atoms with Gasteiger partial charge in [0.15, 0.2) is 5.69 Å². The monoisotopic (exact) mass is 335 g/mol. The Bertz CT molecular complexity index is 786. The first-order valence-corrected chi connectivity index (χ1v) is 8.01. The first kappa shape index (κ1) is 14.5. The third kappa shape index (κ3) is 2.67. The number of aromatic nitrogens is 2. The number of hydrogen-bond acceptors (Lipinski definition) is 3. The van der Waals surface area contributed by atoms with Crippen LogP contribution in [0.25, 0.3) is 11.1 Å². The van der Waals surface area contributed by atoms with E-state index in [0.717, 1.165) is 19.3 Å². The third-order valence-corrected chi connectivity index (χ3v) is 4.30. The van der Waals surface area contributed by atoms with Gasteiger partial charge in [-0.1, -0.05) is 17.7 Å². The Morgan fingerprint density at radius 3 is 3.00 bits per heavy atom. The van der Waals surface area contributed by atoms with Crippen LogP contribution in [-0.2, 0) is 6.54 Å². The van der Waals surface area contributed by atoms with Crippen molar-refractivity contribution in [2.45, 2.75) is 31.8 Å². The van der Waals surface area contributed by atoms with Crippen molar-refractivity contribution in [1.82, 2.24) is 15.1 Å². The lowest BCUT2D eigenvalue weighted by Gasteiger charge is -2.16. The molecular weight excluding hydrogens is 321 g/mol. The Labute approximate surface area is 137 Å². The van der Waals surface area contributed by atoms with Gasteiger partial charge >= 0.3 is 0 Å². The van der Waals surface area contributed by atoms with Gasteiger partial charge in [0, 0.05) is 19.0 Å². The maximum Gasteiger partial charge on any atom is 0.272 e. The summed E-state index contributed by atoms with van der Waals surface area (Å²) in [4.78, 5) is 12.5. The zero-order valence-electron chi connectivity index (χ0n) is 12.3. The minimum absolute atomic E-state index is 0.0414. The van der Waals surface area contributed by atoms with Gasteiger partial charge in [0.05, 0.1) is 17.2 Å². The van der Waals surface area contributed by atoms with Crippen molar-refractivity contribution in [3.8, 4) is 17.0 Å². The lowest BCUT2D eigenvalue weighted by molar-refractivity contribution is 0.0945. The molecule has 120 valence electrons. The number of fused-ring (bicyclic) bond motifs is 1. The van der Waals surface area contributed by atoms with E-state index in [1.165, 1.54) is 12.1 Å². The van der Waals surface area contributed by atoms with Gasteiger partial charge in [-0.3, -0.25) is 4.79 Å². The summed E-state index contributed by atoms with van der Waals surface area (Å²) in [6.45, 7) is 1.23. The molecule has 1 aliphatic heterocycles. The Hall–Kier alpha value is -2.08. The summed E-state index contributed by atoms with van der Waals surface area (Å²) < 4.78 is 21.2. The molecule has 1 aromatic carbocycles. The van der Waals surface area contributed by atoms with Crippen LogP contribution in [0.1, 0.15) is 29.8 Å². The molecule has 1 fully saturated rings.